The summed E-state index contributed by atoms with van der Waals surface area (Å²) in [4.78, 5) is 12.0. The molecule has 0 atom stereocenters. The molecule has 0 unspecified atom stereocenters. The lowest BCUT2D eigenvalue weighted by Gasteiger charge is -2.32. The van der Waals surface area contributed by atoms with Crippen LogP contribution < -0.4 is 0 Å². The van der Waals surface area contributed by atoms with Gasteiger partial charge in [0.25, 0.3) is 0 Å². The van der Waals surface area contributed by atoms with Crippen LogP contribution in [0.15, 0.2) is 48.7 Å². The van der Waals surface area contributed by atoms with Gasteiger partial charge in [0.15, 0.2) is 5.65 Å². The summed E-state index contributed by atoms with van der Waals surface area (Å²) in [6, 6.07) is 14.8. The zero-order valence-electron chi connectivity index (χ0n) is 16.8. The van der Waals surface area contributed by atoms with Gasteiger partial charge in [0.2, 0.25) is 0 Å². The first-order chi connectivity index (χ1) is 13.8. The van der Waals surface area contributed by atoms with Crippen molar-refractivity contribution in [3.63, 3.8) is 0 Å². The molecule has 3 aromatic rings. The average molecular weight is 379 g/mol. The third-order valence-corrected chi connectivity index (χ3v) is 5.67. The summed E-state index contributed by atoms with van der Waals surface area (Å²) in [5, 5.41) is 0. The number of fused-ring (bicyclic) bond motifs is 1. The molecule has 148 valence electrons. The smallest absolute Gasteiger partial charge is 0.160 e. The number of hydrogen-bond donors (Lipinski definition) is 0. The highest BCUT2D eigenvalue weighted by atomic mass is 16.5. The van der Waals surface area contributed by atoms with Gasteiger partial charge in [-0.05, 0) is 56.5 Å². The Kier molecular flexibility index (Phi) is 6.34. The van der Waals surface area contributed by atoms with Crippen LogP contribution in [0.5, 0.6) is 0 Å². The number of benzene rings is 1. The molecule has 1 aliphatic rings. The van der Waals surface area contributed by atoms with Crippen LogP contribution >= 0.6 is 0 Å². The highest BCUT2D eigenvalue weighted by Crippen LogP contribution is 2.24. The molecule has 5 nitrogen and oxygen atoms in total. The lowest BCUT2D eigenvalue weighted by atomic mass is 9.93. The molecule has 3 heterocycles. The molecular weight excluding hydrogens is 348 g/mol. The van der Waals surface area contributed by atoms with Crippen molar-refractivity contribution in [2.75, 3.05) is 26.3 Å². The predicted molar refractivity (Wildman–Crippen MR) is 112 cm³/mol. The Morgan fingerprint density at radius 1 is 1.07 bits per heavy atom. The minimum atomic E-state index is 0.690. The largest absolute Gasteiger partial charge is 0.380 e. The molecule has 0 aliphatic carbocycles. The van der Waals surface area contributed by atoms with Crippen LogP contribution in [-0.2, 0) is 24.2 Å². The van der Waals surface area contributed by atoms with Gasteiger partial charge in [-0.3, -0.25) is 4.90 Å². The number of aromatic nitrogens is 3. The Bertz CT molecular complexity index is 869. The van der Waals surface area contributed by atoms with E-state index in [2.05, 4.69) is 50.8 Å². The van der Waals surface area contributed by atoms with Gasteiger partial charge in [-0.1, -0.05) is 30.3 Å². The molecule has 4 rings (SSSR count). The Labute approximate surface area is 167 Å². The molecule has 1 aromatic carbocycles. The molecule has 0 spiro atoms. The minimum absolute atomic E-state index is 0.690. The van der Waals surface area contributed by atoms with Crippen molar-refractivity contribution in [2.24, 2.45) is 5.92 Å². The van der Waals surface area contributed by atoms with Crippen LogP contribution in [0.3, 0.4) is 0 Å². The quantitative estimate of drug-likeness (QED) is 0.557. The summed E-state index contributed by atoms with van der Waals surface area (Å²) in [5.41, 5.74) is 3.39. The summed E-state index contributed by atoms with van der Waals surface area (Å²) in [7, 11) is 0. The maximum atomic E-state index is 5.59. The first-order valence-electron chi connectivity index (χ1n) is 10.5. The van der Waals surface area contributed by atoms with Crippen molar-refractivity contribution in [1.29, 1.82) is 0 Å². The average Bonchev–Trinajstić information content (AvgIpc) is 3.08. The second-order valence-electron chi connectivity index (χ2n) is 7.63. The molecule has 2 aromatic heterocycles. The van der Waals surface area contributed by atoms with Crippen molar-refractivity contribution in [3.8, 4) is 0 Å². The fourth-order valence-electron chi connectivity index (χ4n) is 4.14. The SMILES string of the molecule is CCOCCn1c(CC2CCN(Cc3ccccc3)CC2)nc2cccnc21. The Balaban J connectivity index is 1.39. The molecule has 0 N–H and O–H groups in total. The molecule has 1 saturated heterocycles. The third-order valence-electron chi connectivity index (χ3n) is 5.67. The fourth-order valence-corrected chi connectivity index (χ4v) is 4.14. The number of likely N-dealkylation sites (tertiary alicyclic amines) is 1. The molecule has 0 saturated carbocycles. The van der Waals surface area contributed by atoms with E-state index in [1.165, 1.54) is 18.4 Å². The normalized spacial score (nSPS) is 16.0. The summed E-state index contributed by atoms with van der Waals surface area (Å²) in [5.74, 6) is 1.85. The van der Waals surface area contributed by atoms with E-state index < -0.39 is 0 Å². The van der Waals surface area contributed by atoms with Gasteiger partial charge >= 0.3 is 0 Å². The molecule has 5 heteroatoms. The first kappa shape index (κ1) is 19.1. The van der Waals surface area contributed by atoms with Gasteiger partial charge in [-0.2, -0.15) is 0 Å². The molecule has 0 radical (unpaired) electrons. The topological polar surface area (TPSA) is 43.2 Å². The van der Waals surface area contributed by atoms with Crippen LogP contribution in [0.25, 0.3) is 11.2 Å². The maximum absolute atomic E-state index is 5.59. The number of piperidine rings is 1. The van der Waals surface area contributed by atoms with E-state index in [1.807, 2.05) is 19.2 Å². The van der Waals surface area contributed by atoms with Crippen LogP contribution in [0.2, 0.25) is 0 Å². The highest BCUT2D eigenvalue weighted by Gasteiger charge is 2.22. The van der Waals surface area contributed by atoms with Crippen LogP contribution in [-0.4, -0.2) is 45.7 Å². The molecule has 0 bridgehead atoms. The van der Waals surface area contributed by atoms with E-state index in [-0.39, 0.29) is 0 Å². The maximum Gasteiger partial charge on any atom is 0.160 e. The summed E-state index contributed by atoms with van der Waals surface area (Å²) >= 11 is 0. The Morgan fingerprint density at radius 2 is 1.89 bits per heavy atom. The molecule has 1 aliphatic heterocycles. The van der Waals surface area contributed by atoms with Crippen LogP contribution in [0.1, 0.15) is 31.2 Å². The molecular formula is C23H30N4O. The minimum Gasteiger partial charge on any atom is -0.380 e. The molecule has 28 heavy (non-hydrogen) atoms. The fraction of sp³-hybridized carbons (Fsp3) is 0.478. The van der Waals surface area contributed by atoms with E-state index >= 15 is 0 Å². The lowest BCUT2D eigenvalue weighted by molar-refractivity contribution is 0.138. The van der Waals surface area contributed by atoms with Gasteiger partial charge in [-0.25, -0.2) is 9.97 Å². The Morgan fingerprint density at radius 3 is 2.68 bits per heavy atom. The number of nitrogens with zero attached hydrogens (tertiary/aromatic N) is 4. The number of imidazole rings is 1. The number of rotatable bonds is 8. The Hall–Kier alpha value is -2.24. The van der Waals surface area contributed by atoms with Gasteiger partial charge in [0, 0.05) is 32.3 Å². The van der Waals surface area contributed by atoms with Gasteiger partial charge in [-0.15, -0.1) is 0 Å². The van der Waals surface area contributed by atoms with E-state index in [4.69, 9.17) is 9.72 Å². The van der Waals surface area contributed by atoms with Crippen molar-refractivity contribution in [2.45, 2.75) is 39.3 Å². The second kappa shape index (κ2) is 9.30. The van der Waals surface area contributed by atoms with Gasteiger partial charge in [0.05, 0.1) is 6.61 Å². The van der Waals surface area contributed by atoms with Gasteiger partial charge < -0.3 is 9.30 Å². The third kappa shape index (κ3) is 4.59. The number of pyridine rings is 1. The van der Waals surface area contributed by atoms with E-state index in [9.17, 15) is 0 Å². The summed E-state index contributed by atoms with van der Waals surface area (Å²) in [6.07, 6.45) is 5.35. The lowest BCUT2D eigenvalue weighted by Crippen LogP contribution is -2.34. The van der Waals surface area contributed by atoms with Crippen molar-refractivity contribution >= 4 is 11.2 Å². The molecule has 0 amide bonds. The zero-order chi connectivity index (χ0) is 19.2. The van der Waals surface area contributed by atoms with Gasteiger partial charge in [0.1, 0.15) is 11.3 Å². The highest BCUT2D eigenvalue weighted by molar-refractivity contribution is 5.71. The molecule has 1 fully saturated rings. The zero-order valence-corrected chi connectivity index (χ0v) is 16.8. The van der Waals surface area contributed by atoms with Crippen molar-refractivity contribution in [1.82, 2.24) is 19.4 Å². The second-order valence-corrected chi connectivity index (χ2v) is 7.63. The summed E-state index contributed by atoms with van der Waals surface area (Å²) < 4.78 is 7.85. The summed E-state index contributed by atoms with van der Waals surface area (Å²) in [6.45, 7) is 7.70. The van der Waals surface area contributed by atoms with Crippen LogP contribution in [0, 0.1) is 5.92 Å². The van der Waals surface area contributed by atoms with Crippen molar-refractivity contribution < 1.29 is 4.74 Å². The van der Waals surface area contributed by atoms with E-state index in [0.717, 1.165) is 56.2 Å². The van der Waals surface area contributed by atoms with E-state index in [0.29, 0.717) is 12.5 Å². The van der Waals surface area contributed by atoms with E-state index in [1.54, 1.807) is 0 Å². The van der Waals surface area contributed by atoms with Crippen LogP contribution in [0.4, 0.5) is 0 Å². The standard InChI is InChI=1S/C23H30N4O/c1-2-28-16-15-27-22(25-21-9-6-12-24-23(21)27)17-19-10-13-26(14-11-19)18-20-7-4-3-5-8-20/h3-9,12,19H,2,10-11,13-18H2,1H3. The number of ether oxygens (including phenoxy) is 1. The number of hydrogen-bond acceptors (Lipinski definition) is 4. The first-order valence-corrected chi connectivity index (χ1v) is 10.5. The predicted octanol–water partition coefficient (Wildman–Crippen LogP) is 3.92. The van der Waals surface area contributed by atoms with Crippen molar-refractivity contribution in [3.05, 3.63) is 60.0 Å². The monoisotopic (exact) mass is 378 g/mol.